The van der Waals surface area contributed by atoms with Gasteiger partial charge in [-0.15, -0.1) is 0 Å². The van der Waals surface area contributed by atoms with E-state index in [1.807, 2.05) is 44.2 Å². The summed E-state index contributed by atoms with van der Waals surface area (Å²) < 4.78 is 37.6. The predicted octanol–water partition coefficient (Wildman–Crippen LogP) is 4.65. The van der Waals surface area contributed by atoms with Gasteiger partial charge in [-0.3, -0.25) is 13.9 Å². The normalized spacial score (nSPS) is 13.1. The Hall–Kier alpha value is -3.47. The van der Waals surface area contributed by atoms with Crippen LogP contribution in [0.5, 0.6) is 11.5 Å². The molecule has 4 rings (SSSR count). The number of ether oxygens (including phenoxy) is 2. The summed E-state index contributed by atoms with van der Waals surface area (Å²) in [7, 11) is -3.94. The molecular formula is C29H31Cl2N3O6S. The van der Waals surface area contributed by atoms with Gasteiger partial charge in [0.15, 0.2) is 11.5 Å². The first kappa shape index (κ1) is 30.5. The van der Waals surface area contributed by atoms with Gasteiger partial charge in [0.2, 0.25) is 28.6 Å². The maximum absolute atomic E-state index is 14.2. The summed E-state index contributed by atoms with van der Waals surface area (Å²) >= 11 is 13.0. The number of benzene rings is 3. The fourth-order valence-electron chi connectivity index (χ4n) is 4.44. The quantitative estimate of drug-likeness (QED) is 0.335. The smallest absolute Gasteiger partial charge is 0.244 e. The van der Waals surface area contributed by atoms with E-state index in [1.54, 1.807) is 24.3 Å². The highest BCUT2D eigenvalue weighted by Crippen LogP contribution is 2.36. The Balaban J connectivity index is 1.76. The van der Waals surface area contributed by atoms with Crippen LogP contribution >= 0.6 is 23.2 Å². The summed E-state index contributed by atoms with van der Waals surface area (Å²) in [6.07, 6.45) is 1.18. The van der Waals surface area contributed by atoms with E-state index in [4.69, 9.17) is 32.7 Å². The molecule has 0 radical (unpaired) electrons. The first-order chi connectivity index (χ1) is 19.4. The lowest BCUT2D eigenvalue weighted by molar-refractivity contribution is -0.140. The summed E-state index contributed by atoms with van der Waals surface area (Å²) in [6, 6.07) is 17.6. The van der Waals surface area contributed by atoms with E-state index in [2.05, 4.69) is 5.32 Å². The van der Waals surface area contributed by atoms with Gasteiger partial charge in [-0.2, -0.15) is 0 Å². The number of halogens is 2. The number of anilines is 1. The lowest BCUT2D eigenvalue weighted by Crippen LogP contribution is -2.54. The zero-order valence-electron chi connectivity index (χ0n) is 22.8. The molecule has 218 valence electrons. The first-order valence-electron chi connectivity index (χ1n) is 12.9. The van der Waals surface area contributed by atoms with Crippen LogP contribution in [0.15, 0.2) is 66.7 Å². The van der Waals surface area contributed by atoms with Crippen LogP contribution in [0, 0.1) is 0 Å². The maximum Gasteiger partial charge on any atom is 0.244 e. The summed E-state index contributed by atoms with van der Waals surface area (Å²) in [5, 5.41) is 3.52. The van der Waals surface area contributed by atoms with Crippen LogP contribution in [0.25, 0.3) is 0 Å². The van der Waals surface area contributed by atoms with E-state index in [-0.39, 0.29) is 31.5 Å². The van der Waals surface area contributed by atoms with Gasteiger partial charge in [-0.1, -0.05) is 59.6 Å². The van der Waals surface area contributed by atoms with E-state index < -0.39 is 34.4 Å². The maximum atomic E-state index is 14.2. The summed E-state index contributed by atoms with van der Waals surface area (Å²) in [5.74, 6) is -0.184. The van der Waals surface area contributed by atoms with E-state index in [0.29, 0.717) is 27.1 Å². The topological polar surface area (TPSA) is 105 Å². The molecule has 1 heterocycles. The summed E-state index contributed by atoms with van der Waals surface area (Å²) in [5.41, 5.74) is 1.47. The van der Waals surface area contributed by atoms with Crippen molar-refractivity contribution in [1.82, 2.24) is 10.2 Å². The van der Waals surface area contributed by atoms with E-state index in [1.165, 1.54) is 17.0 Å². The van der Waals surface area contributed by atoms with Crippen LogP contribution in [0.2, 0.25) is 10.0 Å². The minimum Gasteiger partial charge on any atom is -0.454 e. The average Bonchev–Trinajstić information content (AvgIpc) is 3.38. The number of sulfonamides is 1. The Morgan fingerprint density at radius 3 is 2.24 bits per heavy atom. The highest BCUT2D eigenvalue weighted by molar-refractivity contribution is 7.92. The molecule has 1 unspecified atom stereocenters. The van der Waals surface area contributed by atoms with Crippen molar-refractivity contribution in [2.75, 3.05) is 23.9 Å². The second-order valence-corrected chi connectivity index (χ2v) is 12.6. The van der Waals surface area contributed by atoms with Crippen LogP contribution in [-0.2, 0) is 32.6 Å². The van der Waals surface area contributed by atoms with Gasteiger partial charge in [0.25, 0.3) is 0 Å². The Labute approximate surface area is 250 Å². The number of rotatable bonds is 11. The third-order valence-electron chi connectivity index (χ3n) is 6.42. The molecule has 9 nitrogen and oxygen atoms in total. The molecule has 3 aromatic carbocycles. The van der Waals surface area contributed by atoms with Gasteiger partial charge in [0.05, 0.1) is 11.9 Å². The van der Waals surface area contributed by atoms with Crippen molar-refractivity contribution in [2.45, 2.75) is 38.9 Å². The molecule has 3 aromatic rings. The van der Waals surface area contributed by atoms with Gasteiger partial charge in [0.1, 0.15) is 12.6 Å². The second-order valence-electron chi connectivity index (χ2n) is 9.90. The zero-order valence-corrected chi connectivity index (χ0v) is 25.2. The van der Waals surface area contributed by atoms with Crippen molar-refractivity contribution in [3.05, 3.63) is 87.9 Å². The van der Waals surface area contributed by atoms with Crippen molar-refractivity contribution in [1.29, 1.82) is 0 Å². The lowest BCUT2D eigenvalue weighted by atomic mass is 10.0. The van der Waals surface area contributed by atoms with E-state index in [9.17, 15) is 18.0 Å². The largest absolute Gasteiger partial charge is 0.454 e. The van der Waals surface area contributed by atoms with Gasteiger partial charge in [-0.05, 0) is 43.7 Å². The van der Waals surface area contributed by atoms with Crippen LogP contribution in [0.1, 0.15) is 25.0 Å². The Kier molecular flexibility index (Phi) is 9.68. The van der Waals surface area contributed by atoms with Crippen LogP contribution in [-0.4, -0.2) is 56.8 Å². The number of carbonyl (C=O) groups is 2. The molecule has 0 spiro atoms. The van der Waals surface area contributed by atoms with Crippen molar-refractivity contribution >= 4 is 50.7 Å². The van der Waals surface area contributed by atoms with Crippen LogP contribution in [0.3, 0.4) is 0 Å². The molecule has 0 aromatic heterocycles. The fraction of sp³-hybridized carbons (Fsp3) is 0.310. The number of nitrogens with one attached hydrogen (secondary N) is 1. The first-order valence-corrected chi connectivity index (χ1v) is 15.5. The molecule has 0 saturated carbocycles. The molecule has 2 amide bonds. The van der Waals surface area contributed by atoms with Gasteiger partial charge >= 0.3 is 0 Å². The summed E-state index contributed by atoms with van der Waals surface area (Å²) in [6.45, 7) is 2.94. The predicted molar refractivity (Wildman–Crippen MR) is 159 cm³/mol. The second kappa shape index (κ2) is 13.0. The molecule has 41 heavy (non-hydrogen) atoms. The highest BCUT2D eigenvalue weighted by Gasteiger charge is 2.34. The molecule has 0 bridgehead atoms. The van der Waals surface area contributed by atoms with E-state index >= 15 is 0 Å². The minimum absolute atomic E-state index is 0.00902. The Morgan fingerprint density at radius 2 is 1.61 bits per heavy atom. The minimum atomic E-state index is -3.94. The number of carbonyl (C=O) groups excluding carboxylic acids is 2. The molecule has 0 saturated heterocycles. The number of amides is 2. The standard InChI is InChI=1S/C29H31Cl2N3O6S/c1-19(2)32-29(36)25(14-20-8-5-4-6-9-20)33(16-22-23(30)10-7-11-24(22)31)28(35)17-34(41(3,37)38)21-12-13-26-27(15-21)40-18-39-26/h4-13,15,19,25H,14,16-18H2,1-3H3,(H,32,36). The zero-order chi connectivity index (χ0) is 29.7. The Bertz CT molecular complexity index is 1500. The van der Waals surface area contributed by atoms with Gasteiger partial charge < -0.3 is 19.7 Å². The van der Waals surface area contributed by atoms with Crippen LogP contribution < -0.4 is 19.1 Å². The highest BCUT2D eigenvalue weighted by atomic mass is 35.5. The molecule has 12 heteroatoms. The lowest BCUT2D eigenvalue weighted by Gasteiger charge is -2.34. The van der Waals surface area contributed by atoms with Crippen molar-refractivity contribution < 1.29 is 27.5 Å². The van der Waals surface area contributed by atoms with E-state index in [0.717, 1.165) is 16.1 Å². The number of fused-ring (bicyclic) bond motifs is 1. The number of hydrogen-bond donors (Lipinski definition) is 1. The van der Waals surface area contributed by atoms with Crippen LogP contribution in [0.4, 0.5) is 5.69 Å². The average molecular weight is 621 g/mol. The summed E-state index contributed by atoms with van der Waals surface area (Å²) in [4.78, 5) is 29.1. The molecule has 1 aliphatic rings. The van der Waals surface area contributed by atoms with Gasteiger partial charge in [-0.25, -0.2) is 8.42 Å². The van der Waals surface area contributed by atoms with Crippen molar-refractivity contribution in [2.24, 2.45) is 0 Å². The molecule has 1 aliphatic heterocycles. The molecule has 0 aliphatic carbocycles. The SMILES string of the molecule is CC(C)NC(=O)C(Cc1ccccc1)N(Cc1c(Cl)cccc1Cl)C(=O)CN(c1ccc2c(c1)OCO2)S(C)(=O)=O. The molecule has 1 N–H and O–H groups in total. The number of hydrogen-bond acceptors (Lipinski definition) is 6. The molecule has 1 atom stereocenters. The van der Waals surface area contributed by atoms with Gasteiger partial charge in [0, 0.05) is 40.7 Å². The third kappa shape index (κ3) is 7.63. The Morgan fingerprint density at radius 1 is 0.951 bits per heavy atom. The monoisotopic (exact) mass is 619 g/mol. The third-order valence-corrected chi connectivity index (χ3v) is 8.26. The molecular weight excluding hydrogens is 589 g/mol. The fourth-order valence-corrected chi connectivity index (χ4v) is 5.80. The van der Waals surface area contributed by atoms with Crippen molar-refractivity contribution in [3.63, 3.8) is 0 Å². The molecule has 0 fully saturated rings. The number of nitrogens with zero attached hydrogens (tertiary/aromatic N) is 2. The van der Waals surface area contributed by atoms with Crippen molar-refractivity contribution in [3.8, 4) is 11.5 Å².